The van der Waals surface area contributed by atoms with E-state index in [-0.39, 0.29) is 38.7 Å². The molecule has 0 radical (unpaired) electrons. The molecule has 0 aromatic carbocycles. The maximum atomic E-state index is 14.3. The van der Waals surface area contributed by atoms with E-state index in [4.69, 9.17) is 37.9 Å². The minimum atomic E-state index is -2.04. The summed E-state index contributed by atoms with van der Waals surface area (Å²) in [5.41, 5.74) is -5.06. The van der Waals surface area contributed by atoms with E-state index in [1.54, 1.807) is 48.5 Å². The van der Waals surface area contributed by atoms with Gasteiger partial charge in [-0.05, 0) is 81.8 Å². The lowest BCUT2D eigenvalue weighted by Crippen LogP contribution is -2.61. The molecule has 0 aromatic heterocycles. The molecule has 3 saturated heterocycles. The number of rotatable bonds is 12. The van der Waals surface area contributed by atoms with E-state index in [1.165, 1.54) is 27.9 Å². The van der Waals surface area contributed by atoms with Crippen molar-refractivity contribution in [3.05, 3.63) is 0 Å². The summed E-state index contributed by atoms with van der Waals surface area (Å²) >= 11 is 0. The summed E-state index contributed by atoms with van der Waals surface area (Å²) in [7, 11) is 5.09. The molecule has 3 rings (SSSR count). The Hall–Kier alpha value is -2.32. The lowest BCUT2D eigenvalue weighted by Gasteiger charge is -2.49. The summed E-state index contributed by atoms with van der Waals surface area (Å²) in [6.07, 6.45) is -11.1. The largest absolute Gasteiger partial charge is 0.466 e. The van der Waals surface area contributed by atoms with Crippen molar-refractivity contribution in [2.75, 3.05) is 27.8 Å². The first-order chi connectivity index (χ1) is 27.8. The first-order valence-electron chi connectivity index (χ1n) is 21.5. The molecule has 0 saturated carbocycles. The van der Waals surface area contributed by atoms with Crippen LogP contribution in [-0.4, -0.2) is 161 Å². The number of carbonyl (C=O) groups is 4. The Balaban J connectivity index is 2.22. The Kier molecular flexibility index (Phi) is 18.5. The number of esters is 3. The fourth-order valence-electron chi connectivity index (χ4n) is 9.17. The summed E-state index contributed by atoms with van der Waals surface area (Å²) in [4.78, 5) is 55.6. The molecule has 348 valence electrons. The third kappa shape index (κ3) is 12.2. The lowest BCUT2D eigenvalue weighted by molar-refractivity contribution is -0.319. The van der Waals surface area contributed by atoms with Gasteiger partial charge in [0.1, 0.15) is 23.6 Å². The number of cyclic esters (lactones) is 1. The second kappa shape index (κ2) is 21.4. The van der Waals surface area contributed by atoms with Crippen molar-refractivity contribution < 1.29 is 77.5 Å². The highest BCUT2D eigenvalue weighted by Crippen LogP contribution is 2.41. The van der Waals surface area contributed by atoms with Gasteiger partial charge in [0.2, 0.25) is 0 Å². The van der Waals surface area contributed by atoms with Crippen molar-refractivity contribution in [1.82, 2.24) is 4.90 Å². The third-order valence-electron chi connectivity index (χ3n) is 12.9. The van der Waals surface area contributed by atoms with Gasteiger partial charge in [0.15, 0.2) is 18.7 Å². The highest BCUT2D eigenvalue weighted by Gasteiger charge is 2.54. The Morgan fingerprint density at radius 1 is 0.850 bits per heavy atom. The van der Waals surface area contributed by atoms with Gasteiger partial charge in [-0.2, -0.15) is 0 Å². The summed E-state index contributed by atoms with van der Waals surface area (Å²) in [6, 6.07) is -0.443. The quantitative estimate of drug-likeness (QED) is 0.163. The fourth-order valence-corrected chi connectivity index (χ4v) is 9.17. The summed E-state index contributed by atoms with van der Waals surface area (Å²) in [5, 5.41) is 46.8. The number of ketones is 1. The number of methoxy groups -OCH3 is 1. The molecular weight excluding hydrogens is 786 g/mol. The van der Waals surface area contributed by atoms with Crippen molar-refractivity contribution in [2.24, 2.45) is 23.7 Å². The summed E-state index contributed by atoms with van der Waals surface area (Å²) < 4.78 is 48.8. The molecule has 3 aliphatic heterocycles. The lowest BCUT2D eigenvalue weighted by atomic mass is 9.74. The summed E-state index contributed by atoms with van der Waals surface area (Å²) in [5.74, 6) is -6.64. The predicted octanol–water partition coefficient (Wildman–Crippen LogP) is 2.68. The standard InChI is InChI=1S/C43H75NO16/c1-15-29-43(11,52)36(48)24(5)33(47)22(3)20-41(9,51)38(25(6)34(26(7)39(50)57-29)59-32-21-42(10,53-14)37(49)27(8)56-32)60-40-35(28(44(12)13)19-23(4)55-40)58-31(46)18-17-30(45)54-16-2/h22-29,32,34-38,40,48-49,51-52H,15-21H2,1-14H3/t22-,23-,24+,25+,26-,27+,28+,29-,32+,34+,35-,36-,37+,38-,40-,41-,42-,43-/m1/s1. The van der Waals surface area contributed by atoms with Gasteiger partial charge in [-0.25, -0.2) is 0 Å². The molecule has 17 heteroatoms. The van der Waals surface area contributed by atoms with Crippen LogP contribution in [0.1, 0.15) is 115 Å². The maximum Gasteiger partial charge on any atom is 0.311 e. The average Bonchev–Trinajstić information content (AvgIpc) is 3.17. The van der Waals surface area contributed by atoms with Gasteiger partial charge < -0.3 is 63.2 Å². The van der Waals surface area contributed by atoms with Crippen molar-refractivity contribution in [3.63, 3.8) is 0 Å². The van der Waals surface area contributed by atoms with Crippen molar-refractivity contribution in [2.45, 2.75) is 199 Å². The molecular formula is C43H75NO16. The predicted molar refractivity (Wildman–Crippen MR) is 216 cm³/mol. The van der Waals surface area contributed by atoms with E-state index in [2.05, 4.69) is 0 Å². The third-order valence-corrected chi connectivity index (χ3v) is 12.9. The number of hydrogen-bond donors (Lipinski definition) is 4. The molecule has 3 heterocycles. The fraction of sp³-hybridized carbons (Fsp3) is 0.907. The summed E-state index contributed by atoms with van der Waals surface area (Å²) in [6.45, 7) is 17.9. The SMILES string of the molecule is CCOC(=O)CCC(=O)O[C@H]1[C@@H](O[C@@H]2[C@@H](C)[C@H](O[C@H]3C[C@@](C)(OC)[C@@H](O)[C@H](C)O3)[C@@H](C)C(=O)O[C@H](CC)[C@@](C)(O)[C@H](O)[C@@H](C)C(=O)[C@H](C)C[C@@]2(C)O)O[C@H](C)C[C@@H]1N(C)C. The van der Waals surface area contributed by atoms with Crippen molar-refractivity contribution in [3.8, 4) is 0 Å². The first-order valence-corrected chi connectivity index (χ1v) is 21.5. The second-order valence-corrected chi connectivity index (χ2v) is 18.2. The average molecular weight is 862 g/mol. The number of hydrogen-bond acceptors (Lipinski definition) is 17. The van der Waals surface area contributed by atoms with Crippen LogP contribution in [0.25, 0.3) is 0 Å². The number of aliphatic hydroxyl groups is 4. The molecule has 0 unspecified atom stereocenters. The van der Waals surface area contributed by atoms with E-state index in [1.807, 2.05) is 25.9 Å². The van der Waals surface area contributed by atoms with Crippen LogP contribution in [0.15, 0.2) is 0 Å². The Labute approximate surface area is 356 Å². The zero-order chi connectivity index (χ0) is 45.7. The smallest absolute Gasteiger partial charge is 0.311 e. The molecule has 4 N–H and O–H groups in total. The molecule has 0 aliphatic carbocycles. The van der Waals surface area contributed by atoms with Crippen molar-refractivity contribution in [1.29, 1.82) is 0 Å². The van der Waals surface area contributed by atoms with Gasteiger partial charge in [-0.15, -0.1) is 0 Å². The van der Waals surface area contributed by atoms with E-state index in [0.29, 0.717) is 6.42 Å². The number of Topliss-reactive ketones (excluding diaryl/α,β-unsaturated/α-hetero) is 1. The van der Waals surface area contributed by atoms with Crippen LogP contribution in [0.5, 0.6) is 0 Å². The second-order valence-electron chi connectivity index (χ2n) is 18.2. The number of likely N-dealkylation sites (N-methyl/N-ethyl adjacent to an activating group) is 1. The highest BCUT2D eigenvalue weighted by atomic mass is 16.7. The van der Waals surface area contributed by atoms with Crippen molar-refractivity contribution >= 4 is 23.7 Å². The maximum absolute atomic E-state index is 14.3. The number of nitrogens with zero attached hydrogens (tertiary/aromatic N) is 1. The molecule has 0 amide bonds. The van der Waals surface area contributed by atoms with Gasteiger partial charge in [0, 0.05) is 31.3 Å². The van der Waals surface area contributed by atoms with Gasteiger partial charge in [-0.3, -0.25) is 19.2 Å². The van der Waals surface area contributed by atoms with Crippen LogP contribution in [-0.2, 0) is 57.1 Å². The normalized spacial score (nSPS) is 43.8. The molecule has 17 nitrogen and oxygen atoms in total. The highest BCUT2D eigenvalue weighted by molar-refractivity contribution is 5.83. The van der Waals surface area contributed by atoms with E-state index < -0.39 is 132 Å². The van der Waals surface area contributed by atoms with Crippen LogP contribution in [0.4, 0.5) is 0 Å². The van der Waals surface area contributed by atoms with Gasteiger partial charge in [0.25, 0.3) is 0 Å². The Morgan fingerprint density at radius 2 is 1.47 bits per heavy atom. The molecule has 18 atom stereocenters. The Morgan fingerprint density at radius 3 is 2.03 bits per heavy atom. The molecule has 0 bridgehead atoms. The molecule has 3 fully saturated rings. The monoisotopic (exact) mass is 862 g/mol. The van der Waals surface area contributed by atoms with E-state index >= 15 is 0 Å². The number of aliphatic hydroxyl groups excluding tert-OH is 2. The molecule has 0 aromatic rings. The van der Waals surface area contributed by atoms with Crippen LogP contribution < -0.4 is 0 Å². The minimum absolute atomic E-state index is 0.0431. The number of ether oxygens (including phenoxy) is 8. The number of carbonyl (C=O) groups excluding carboxylic acids is 4. The van der Waals surface area contributed by atoms with Crippen LogP contribution in [0.2, 0.25) is 0 Å². The van der Waals surface area contributed by atoms with Gasteiger partial charge >= 0.3 is 17.9 Å². The zero-order valence-electron chi connectivity index (χ0n) is 38.2. The molecule has 0 spiro atoms. The van der Waals surface area contributed by atoms with Gasteiger partial charge in [0.05, 0.1) is 73.1 Å². The first kappa shape index (κ1) is 52.0. The molecule has 3 aliphatic rings. The van der Waals surface area contributed by atoms with Gasteiger partial charge in [-0.1, -0.05) is 27.7 Å². The topological polar surface area (TPSA) is 226 Å². The van der Waals surface area contributed by atoms with Crippen LogP contribution in [0, 0.1) is 23.7 Å². The zero-order valence-corrected chi connectivity index (χ0v) is 38.2. The van der Waals surface area contributed by atoms with E-state index in [9.17, 15) is 39.6 Å². The van der Waals surface area contributed by atoms with E-state index in [0.717, 1.165) is 0 Å². The van der Waals surface area contributed by atoms with Crippen LogP contribution in [0.3, 0.4) is 0 Å². The van der Waals surface area contributed by atoms with Crippen LogP contribution >= 0.6 is 0 Å². The molecule has 60 heavy (non-hydrogen) atoms. The minimum Gasteiger partial charge on any atom is -0.466 e. The Bertz CT molecular complexity index is 1440.